The lowest BCUT2D eigenvalue weighted by Crippen LogP contribution is -2.29. The number of benzene rings is 1. The molecule has 0 spiro atoms. The molecule has 0 aromatic heterocycles. The fourth-order valence-electron chi connectivity index (χ4n) is 3.09. The molecule has 2 rings (SSSR count). The highest BCUT2D eigenvalue weighted by Gasteiger charge is 2.31. The Hall–Kier alpha value is -1.39. The maximum absolute atomic E-state index is 11.6. The smallest absolute Gasteiger partial charge is 0.129 e. The zero-order chi connectivity index (χ0) is 15.8. The summed E-state index contributed by atoms with van der Waals surface area (Å²) >= 11 is 0. The van der Waals surface area contributed by atoms with Gasteiger partial charge < -0.3 is 20.4 Å². The number of rotatable bonds is 7. The van der Waals surface area contributed by atoms with E-state index < -0.39 is 6.10 Å². The van der Waals surface area contributed by atoms with Gasteiger partial charge in [0.1, 0.15) is 18.6 Å². The van der Waals surface area contributed by atoms with Crippen LogP contribution in [-0.2, 0) is 4.79 Å². The summed E-state index contributed by atoms with van der Waals surface area (Å²) < 4.78 is 5.89. The zero-order valence-corrected chi connectivity index (χ0v) is 13.2. The van der Waals surface area contributed by atoms with Crippen molar-refractivity contribution in [2.24, 2.45) is 11.1 Å². The molecule has 1 aliphatic carbocycles. The van der Waals surface area contributed by atoms with E-state index in [0.717, 1.165) is 37.5 Å². The number of hydrogen-bond donors (Lipinski definition) is 2. The summed E-state index contributed by atoms with van der Waals surface area (Å²) in [5.41, 5.74) is 5.95. The third-order valence-electron chi connectivity index (χ3n) is 4.56. The summed E-state index contributed by atoms with van der Waals surface area (Å²) in [5.74, 6) is 0.707. The van der Waals surface area contributed by atoms with Crippen LogP contribution in [0.5, 0.6) is 5.75 Å². The van der Waals surface area contributed by atoms with Gasteiger partial charge in [-0.1, -0.05) is 37.8 Å². The summed E-state index contributed by atoms with van der Waals surface area (Å²) in [6.07, 6.45) is 7.47. The third kappa shape index (κ3) is 4.55. The Balaban J connectivity index is 2.00. The lowest BCUT2D eigenvalue weighted by atomic mass is 9.83. The number of carbonyl (C=O) groups excluding carboxylic acids is 1. The van der Waals surface area contributed by atoms with Gasteiger partial charge in [-0.25, -0.2) is 0 Å². The van der Waals surface area contributed by atoms with Crippen molar-refractivity contribution in [1.29, 1.82) is 0 Å². The lowest BCUT2D eigenvalue weighted by Gasteiger charge is -2.26. The molecule has 1 atom stereocenters. The van der Waals surface area contributed by atoms with Gasteiger partial charge in [0, 0.05) is 0 Å². The second-order valence-electron chi connectivity index (χ2n) is 6.35. The van der Waals surface area contributed by atoms with Gasteiger partial charge in [0.15, 0.2) is 0 Å². The van der Waals surface area contributed by atoms with E-state index in [4.69, 9.17) is 10.5 Å². The zero-order valence-electron chi connectivity index (χ0n) is 13.2. The van der Waals surface area contributed by atoms with Crippen molar-refractivity contribution in [3.63, 3.8) is 0 Å². The second kappa shape index (κ2) is 8.30. The van der Waals surface area contributed by atoms with Gasteiger partial charge in [0.25, 0.3) is 0 Å². The van der Waals surface area contributed by atoms with Crippen LogP contribution >= 0.6 is 0 Å². The van der Waals surface area contributed by atoms with Gasteiger partial charge in [0.05, 0.1) is 11.5 Å². The van der Waals surface area contributed by atoms with Gasteiger partial charge in [-0.3, -0.25) is 0 Å². The highest BCUT2D eigenvalue weighted by Crippen LogP contribution is 2.34. The molecule has 3 N–H and O–H groups in total. The minimum Gasteiger partial charge on any atom is -0.493 e. The Labute approximate surface area is 132 Å². The van der Waals surface area contributed by atoms with Crippen molar-refractivity contribution in [3.05, 3.63) is 29.8 Å². The maximum Gasteiger partial charge on any atom is 0.129 e. The molecule has 1 aromatic carbocycles. The number of aliphatic hydroxyl groups excluding tert-OH is 1. The molecule has 0 aliphatic heterocycles. The molecule has 1 fully saturated rings. The van der Waals surface area contributed by atoms with E-state index in [9.17, 15) is 9.90 Å². The normalized spacial score (nSPS) is 19.2. The van der Waals surface area contributed by atoms with Crippen molar-refractivity contribution in [2.75, 3.05) is 13.2 Å². The van der Waals surface area contributed by atoms with Crippen LogP contribution in [0, 0.1) is 5.41 Å². The van der Waals surface area contributed by atoms with Crippen LogP contribution in [-0.4, -0.2) is 24.5 Å². The molecule has 22 heavy (non-hydrogen) atoms. The first-order chi connectivity index (χ1) is 10.7. The first kappa shape index (κ1) is 17.0. The number of aldehydes is 1. The number of carbonyl (C=O) groups is 1. The first-order valence-electron chi connectivity index (χ1n) is 8.26. The topological polar surface area (TPSA) is 72.6 Å². The van der Waals surface area contributed by atoms with Gasteiger partial charge in [-0.15, -0.1) is 0 Å². The monoisotopic (exact) mass is 305 g/mol. The predicted octanol–water partition coefficient (Wildman–Crippen LogP) is 2.99. The molecule has 0 heterocycles. The summed E-state index contributed by atoms with van der Waals surface area (Å²) in [6, 6.07) is 7.45. The van der Waals surface area contributed by atoms with Gasteiger partial charge in [-0.2, -0.15) is 0 Å². The highest BCUT2D eigenvalue weighted by atomic mass is 16.5. The Kier molecular flexibility index (Phi) is 6.40. The summed E-state index contributed by atoms with van der Waals surface area (Å²) in [4.78, 5) is 11.6. The van der Waals surface area contributed by atoms with Gasteiger partial charge in [-0.05, 0) is 43.5 Å². The molecule has 4 heteroatoms. The minimum atomic E-state index is -0.563. The minimum absolute atomic E-state index is 0.345. The maximum atomic E-state index is 11.6. The molecule has 0 radical (unpaired) electrons. The lowest BCUT2D eigenvalue weighted by molar-refractivity contribution is -0.118. The number of ether oxygens (including phenoxy) is 1. The first-order valence-corrected chi connectivity index (χ1v) is 8.26. The summed E-state index contributed by atoms with van der Waals surface area (Å²) in [6.45, 7) is 0.868. The van der Waals surface area contributed by atoms with Crippen LogP contribution in [0.4, 0.5) is 0 Å². The Morgan fingerprint density at radius 3 is 2.64 bits per heavy atom. The second-order valence-corrected chi connectivity index (χ2v) is 6.35. The molecule has 1 saturated carbocycles. The van der Waals surface area contributed by atoms with Crippen molar-refractivity contribution in [3.8, 4) is 5.75 Å². The van der Waals surface area contributed by atoms with Crippen molar-refractivity contribution < 1.29 is 14.6 Å². The molecule has 1 aliphatic rings. The van der Waals surface area contributed by atoms with Crippen LogP contribution in [0.15, 0.2) is 24.3 Å². The Morgan fingerprint density at radius 1 is 1.27 bits per heavy atom. The van der Waals surface area contributed by atoms with E-state index in [-0.39, 0.29) is 5.41 Å². The fraction of sp³-hybridized carbons (Fsp3) is 0.611. The third-order valence-corrected chi connectivity index (χ3v) is 4.56. The van der Waals surface area contributed by atoms with Crippen LogP contribution in [0.1, 0.15) is 56.6 Å². The number of nitrogens with two attached hydrogens (primary N) is 1. The Bertz CT molecular complexity index is 467. The molecule has 1 unspecified atom stereocenters. The summed E-state index contributed by atoms with van der Waals surface area (Å²) in [5, 5.41) is 10.0. The fourth-order valence-corrected chi connectivity index (χ4v) is 3.09. The quantitative estimate of drug-likeness (QED) is 0.600. The van der Waals surface area contributed by atoms with Crippen LogP contribution in [0.3, 0.4) is 0 Å². The average molecular weight is 305 g/mol. The van der Waals surface area contributed by atoms with Crippen LogP contribution in [0.2, 0.25) is 0 Å². The summed E-state index contributed by atoms with van der Waals surface area (Å²) in [7, 11) is 0. The molecular weight excluding hydrogens is 278 g/mol. The highest BCUT2D eigenvalue weighted by molar-refractivity contribution is 5.59. The van der Waals surface area contributed by atoms with E-state index in [2.05, 4.69) is 0 Å². The Morgan fingerprint density at radius 2 is 2.00 bits per heavy atom. The molecule has 0 bridgehead atoms. The molecule has 0 saturated heterocycles. The van der Waals surface area contributed by atoms with Gasteiger partial charge >= 0.3 is 0 Å². The van der Waals surface area contributed by atoms with E-state index in [1.165, 1.54) is 12.8 Å². The van der Waals surface area contributed by atoms with E-state index in [0.29, 0.717) is 25.3 Å². The average Bonchev–Trinajstić information content (AvgIpc) is 2.80. The van der Waals surface area contributed by atoms with E-state index >= 15 is 0 Å². The molecule has 0 amide bonds. The molecule has 1 aromatic rings. The number of aliphatic hydroxyl groups is 1. The molecule has 4 nitrogen and oxygen atoms in total. The number of hydrogen-bond acceptors (Lipinski definition) is 4. The van der Waals surface area contributed by atoms with Crippen molar-refractivity contribution in [1.82, 2.24) is 0 Å². The predicted molar refractivity (Wildman–Crippen MR) is 86.8 cm³/mol. The van der Waals surface area contributed by atoms with Crippen LogP contribution < -0.4 is 10.5 Å². The van der Waals surface area contributed by atoms with E-state index in [1.54, 1.807) is 0 Å². The van der Waals surface area contributed by atoms with Gasteiger partial charge in [0.2, 0.25) is 0 Å². The van der Waals surface area contributed by atoms with Crippen LogP contribution in [0.25, 0.3) is 0 Å². The SMILES string of the molecule is NCCC(O)c1cccc(OCC2(C=O)CCCCCC2)c1. The standard InChI is InChI=1S/C18H27NO3/c19-11-8-17(21)15-6-5-7-16(12-15)22-14-18(13-20)9-3-1-2-4-10-18/h5-7,12-13,17,21H,1-4,8-11,14,19H2. The van der Waals surface area contributed by atoms with E-state index in [1.807, 2.05) is 24.3 Å². The largest absolute Gasteiger partial charge is 0.493 e. The molecule has 122 valence electrons. The van der Waals surface area contributed by atoms with Crippen molar-refractivity contribution in [2.45, 2.75) is 51.0 Å². The van der Waals surface area contributed by atoms with Crippen molar-refractivity contribution >= 4 is 6.29 Å². The molecular formula is C18H27NO3.